The van der Waals surface area contributed by atoms with E-state index < -0.39 is 0 Å². The summed E-state index contributed by atoms with van der Waals surface area (Å²) in [4.78, 5) is 12.0. The van der Waals surface area contributed by atoms with Crippen LogP contribution in [0.15, 0.2) is 18.2 Å². The van der Waals surface area contributed by atoms with Crippen LogP contribution in [0.2, 0.25) is 0 Å². The minimum atomic E-state index is 0. The average Bonchev–Trinajstić information content (AvgIpc) is 3.13. The zero-order chi connectivity index (χ0) is 12.5. The lowest BCUT2D eigenvalue weighted by Crippen LogP contribution is -2.38. The molecule has 2 aliphatic carbocycles. The van der Waals surface area contributed by atoms with Gasteiger partial charge < -0.3 is 11.1 Å². The first kappa shape index (κ1) is 14.4. The van der Waals surface area contributed by atoms with Crippen LogP contribution in [0.25, 0.3) is 0 Å². The first-order chi connectivity index (χ1) is 8.74. The molecule has 1 amide bonds. The van der Waals surface area contributed by atoms with Gasteiger partial charge in [0.15, 0.2) is 0 Å². The minimum Gasteiger partial charge on any atom is -0.350 e. The van der Waals surface area contributed by atoms with Crippen molar-refractivity contribution >= 4 is 18.3 Å². The molecular formula is C15H21ClN2O. The van der Waals surface area contributed by atoms with Crippen LogP contribution in [0, 0.1) is 5.92 Å². The molecule has 4 heteroatoms. The number of carbonyl (C=O) groups is 1. The van der Waals surface area contributed by atoms with Gasteiger partial charge in [-0.25, -0.2) is 0 Å². The van der Waals surface area contributed by atoms with Gasteiger partial charge in [0.2, 0.25) is 0 Å². The lowest BCUT2D eigenvalue weighted by atomic mass is 10.1. The van der Waals surface area contributed by atoms with Crippen molar-refractivity contribution in [1.82, 2.24) is 5.32 Å². The number of carbonyl (C=O) groups excluding carboxylic acids is 1. The van der Waals surface area contributed by atoms with Crippen LogP contribution in [0.3, 0.4) is 0 Å². The molecule has 0 heterocycles. The quantitative estimate of drug-likeness (QED) is 0.887. The van der Waals surface area contributed by atoms with Crippen LogP contribution in [-0.2, 0) is 12.8 Å². The number of nitrogens with one attached hydrogen (secondary N) is 1. The molecule has 0 spiro atoms. The summed E-state index contributed by atoms with van der Waals surface area (Å²) in [5.41, 5.74) is 9.50. The number of nitrogens with two attached hydrogens (primary N) is 1. The second-order valence-electron chi connectivity index (χ2n) is 5.55. The highest BCUT2D eigenvalue weighted by atomic mass is 35.5. The second kappa shape index (κ2) is 5.93. The summed E-state index contributed by atoms with van der Waals surface area (Å²) in [5.74, 6) is 0.645. The molecule has 1 fully saturated rings. The fraction of sp³-hybridized carbons (Fsp3) is 0.533. The van der Waals surface area contributed by atoms with E-state index in [4.69, 9.17) is 5.73 Å². The SMILES string of the molecule is Cl.NC(CNC(=O)c1ccc2c(c1)CCC2)C1CC1. The van der Waals surface area contributed by atoms with Crippen molar-refractivity contribution in [2.75, 3.05) is 6.54 Å². The van der Waals surface area contributed by atoms with Gasteiger partial charge in [0, 0.05) is 18.2 Å². The highest BCUT2D eigenvalue weighted by molar-refractivity contribution is 5.94. The van der Waals surface area contributed by atoms with Crippen molar-refractivity contribution in [3.63, 3.8) is 0 Å². The zero-order valence-electron chi connectivity index (χ0n) is 11.0. The minimum absolute atomic E-state index is 0. The predicted octanol–water partition coefficient (Wildman–Crippen LogP) is 2.06. The summed E-state index contributed by atoms with van der Waals surface area (Å²) in [6.45, 7) is 0.598. The third-order valence-corrected chi connectivity index (χ3v) is 4.09. The van der Waals surface area contributed by atoms with Gasteiger partial charge in [0.1, 0.15) is 0 Å². The number of hydrogen-bond acceptors (Lipinski definition) is 2. The Morgan fingerprint density at radius 1 is 1.32 bits per heavy atom. The number of rotatable bonds is 4. The summed E-state index contributed by atoms with van der Waals surface area (Å²) in [7, 11) is 0. The summed E-state index contributed by atoms with van der Waals surface area (Å²) in [6.07, 6.45) is 5.92. The van der Waals surface area contributed by atoms with Crippen molar-refractivity contribution in [1.29, 1.82) is 0 Å². The van der Waals surface area contributed by atoms with Gasteiger partial charge in [-0.3, -0.25) is 4.79 Å². The van der Waals surface area contributed by atoms with Gasteiger partial charge in [-0.05, 0) is 61.3 Å². The molecule has 0 aliphatic heterocycles. The smallest absolute Gasteiger partial charge is 0.251 e. The Kier molecular flexibility index (Phi) is 4.48. The first-order valence-corrected chi connectivity index (χ1v) is 6.89. The van der Waals surface area contributed by atoms with Crippen LogP contribution in [-0.4, -0.2) is 18.5 Å². The number of benzene rings is 1. The van der Waals surface area contributed by atoms with E-state index in [2.05, 4.69) is 11.4 Å². The third kappa shape index (κ3) is 3.28. The van der Waals surface area contributed by atoms with Crippen molar-refractivity contribution in [2.45, 2.75) is 38.1 Å². The Morgan fingerprint density at radius 3 is 2.79 bits per heavy atom. The Bertz CT molecular complexity index is 471. The topological polar surface area (TPSA) is 55.1 Å². The van der Waals surface area contributed by atoms with Gasteiger partial charge in [0.25, 0.3) is 5.91 Å². The van der Waals surface area contributed by atoms with E-state index in [0.717, 1.165) is 18.4 Å². The number of amides is 1. The molecule has 1 aromatic carbocycles. The number of aryl methyl sites for hydroxylation is 2. The fourth-order valence-corrected chi connectivity index (χ4v) is 2.72. The van der Waals surface area contributed by atoms with Gasteiger partial charge in [0.05, 0.1) is 0 Å². The monoisotopic (exact) mass is 280 g/mol. The number of fused-ring (bicyclic) bond motifs is 1. The Balaban J connectivity index is 0.00000133. The van der Waals surface area contributed by atoms with E-state index in [1.807, 2.05) is 12.1 Å². The van der Waals surface area contributed by atoms with Crippen molar-refractivity contribution in [2.24, 2.45) is 11.7 Å². The van der Waals surface area contributed by atoms with Gasteiger partial charge in [-0.1, -0.05) is 6.07 Å². The van der Waals surface area contributed by atoms with E-state index in [1.165, 1.54) is 30.4 Å². The van der Waals surface area contributed by atoms with E-state index in [0.29, 0.717) is 12.5 Å². The maximum absolute atomic E-state index is 12.0. The highest BCUT2D eigenvalue weighted by Gasteiger charge is 2.28. The van der Waals surface area contributed by atoms with Gasteiger partial charge in [-0.15, -0.1) is 12.4 Å². The number of halogens is 1. The van der Waals surface area contributed by atoms with Crippen molar-refractivity contribution in [3.8, 4) is 0 Å². The molecule has 1 atom stereocenters. The van der Waals surface area contributed by atoms with E-state index in [9.17, 15) is 4.79 Å². The molecule has 1 saturated carbocycles. The summed E-state index contributed by atoms with van der Waals surface area (Å²) in [5, 5.41) is 2.95. The lowest BCUT2D eigenvalue weighted by molar-refractivity contribution is 0.0950. The molecule has 0 radical (unpaired) electrons. The van der Waals surface area contributed by atoms with Gasteiger partial charge >= 0.3 is 0 Å². The molecule has 1 unspecified atom stereocenters. The molecule has 1 aromatic rings. The molecule has 0 saturated heterocycles. The lowest BCUT2D eigenvalue weighted by Gasteiger charge is -2.12. The average molecular weight is 281 g/mol. The Morgan fingerprint density at radius 2 is 2.05 bits per heavy atom. The molecule has 3 N–H and O–H groups in total. The maximum atomic E-state index is 12.0. The van der Waals surface area contributed by atoms with Crippen LogP contribution >= 0.6 is 12.4 Å². The highest BCUT2D eigenvalue weighted by Crippen LogP contribution is 2.31. The van der Waals surface area contributed by atoms with Gasteiger partial charge in [-0.2, -0.15) is 0 Å². The summed E-state index contributed by atoms with van der Waals surface area (Å²) in [6, 6.07) is 6.20. The molecule has 19 heavy (non-hydrogen) atoms. The first-order valence-electron chi connectivity index (χ1n) is 6.89. The molecule has 2 aliphatic rings. The van der Waals surface area contributed by atoms with Crippen molar-refractivity contribution < 1.29 is 4.79 Å². The normalized spacial score (nSPS) is 18.4. The largest absolute Gasteiger partial charge is 0.350 e. The molecular weight excluding hydrogens is 260 g/mol. The molecule has 3 rings (SSSR count). The Labute approximate surface area is 120 Å². The van der Waals surface area contributed by atoms with Crippen LogP contribution < -0.4 is 11.1 Å². The Hall–Kier alpha value is -1.06. The van der Waals surface area contributed by atoms with Crippen LogP contribution in [0.1, 0.15) is 40.7 Å². The van der Waals surface area contributed by atoms with E-state index in [-0.39, 0.29) is 24.4 Å². The third-order valence-electron chi connectivity index (χ3n) is 4.09. The molecule has 0 aromatic heterocycles. The summed E-state index contributed by atoms with van der Waals surface area (Å²) >= 11 is 0. The van der Waals surface area contributed by atoms with Crippen LogP contribution in [0.5, 0.6) is 0 Å². The van der Waals surface area contributed by atoms with E-state index in [1.54, 1.807) is 0 Å². The molecule has 3 nitrogen and oxygen atoms in total. The van der Waals surface area contributed by atoms with E-state index >= 15 is 0 Å². The molecule has 0 bridgehead atoms. The molecule has 104 valence electrons. The van der Waals surface area contributed by atoms with Crippen molar-refractivity contribution in [3.05, 3.63) is 34.9 Å². The predicted molar refractivity (Wildman–Crippen MR) is 78.7 cm³/mol. The van der Waals surface area contributed by atoms with Crippen LogP contribution in [0.4, 0.5) is 0 Å². The number of hydrogen-bond donors (Lipinski definition) is 2. The summed E-state index contributed by atoms with van der Waals surface area (Å²) < 4.78 is 0. The fourth-order valence-electron chi connectivity index (χ4n) is 2.72. The maximum Gasteiger partial charge on any atom is 0.251 e. The standard InChI is InChI=1S/C15H20N2O.ClH/c16-14(11-5-6-11)9-17-15(18)13-7-4-10-2-1-3-12(10)8-13;/h4,7-8,11,14H,1-3,5-6,9,16H2,(H,17,18);1H. The zero-order valence-corrected chi connectivity index (χ0v) is 11.8. The second-order valence-corrected chi connectivity index (χ2v) is 5.55.